The molecule has 0 aliphatic rings. The van der Waals surface area contributed by atoms with Crippen LogP contribution in [0.25, 0.3) is 0 Å². The monoisotopic (exact) mass is 429 g/mol. The molecule has 0 saturated carbocycles. The van der Waals surface area contributed by atoms with Crippen molar-refractivity contribution >= 4 is 29.7 Å². The van der Waals surface area contributed by atoms with Gasteiger partial charge in [0.05, 0.1) is 12.6 Å². The lowest BCUT2D eigenvalue weighted by Crippen LogP contribution is -2.56. The van der Waals surface area contributed by atoms with E-state index < -0.39 is 41.8 Å². The van der Waals surface area contributed by atoms with Crippen molar-refractivity contribution in [1.29, 1.82) is 0 Å². The van der Waals surface area contributed by atoms with E-state index in [0.717, 1.165) is 0 Å². The Balaban J connectivity index is 4.64. The number of amides is 3. The number of carbonyl (C=O) groups is 4. The highest BCUT2D eigenvalue weighted by molar-refractivity contribution is 5.92. The molecule has 0 radical (unpaired) electrons. The highest BCUT2D eigenvalue weighted by Crippen LogP contribution is 2.06. The van der Waals surface area contributed by atoms with E-state index in [-0.39, 0.29) is 24.3 Å². The second-order valence-corrected chi connectivity index (χ2v) is 7.63. The molecule has 10 N–H and O–H groups in total. The number of nitrogens with two attached hydrogens (primary N) is 3. The number of guanidine groups is 1. The van der Waals surface area contributed by atoms with Gasteiger partial charge in [-0.3, -0.25) is 19.4 Å². The molecule has 12 nitrogen and oxygen atoms in total. The molecule has 3 amide bonds. The Hall–Kier alpha value is -2.89. The first-order valence-electron chi connectivity index (χ1n) is 9.78. The van der Waals surface area contributed by atoms with Gasteiger partial charge in [0.25, 0.3) is 0 Å². The topological polar surface area (TPSA) is 215 Å². The summed E-state index contributed by atoms with van der Waals surface area (Å²) < 4.78 is 0. The SMILES string of the molecule is CC(C)C(NC(=O)C(NC(=O)CNC(=O)C(N)CCCN=C(N)N)C(C)C)C(=O)O. The molecule has 0 bridgehead atoms. The van der Waals surface area contributed by atoms with E-state index in [4.69, 9.17) is 17.2 Å². The summed E-state index contributed by atoms with van der Waals surface area (Å²) in [5, 5.41) is 16.6. The summed E-state index contributed by atoms with van der Waals surface area (Å²) in [6.07, 6.45) is 0.821. The first-order chi connectivity index (χ1) is 13.9. The maximum absolute atomic E-state index is 12.5. The summed E-state index contributed by atoms with van der Waals surface area (Å²) in [6.45, 7) is 6.71. The second-order valence-electron chi connectivity index (χ2n) is 7.63. The first-order valence-corrected chi connectivity index (χ1v) is 9.78. The largest absolute Gasteiger partial charge is 0.480 e. The number of carbonyl (C=O) groups excluding carboxylic acids is 3. The van der Waals surface area contributed by atoms with Crippen LogP contribution in [0.5, 0.6) is 0 Å². The zero-order valence-electron chi connectivity index (χ0n) is 18.0. The fourth-order valence-corrected chi connectivity index (χ4v) is 2.46. The molecule has 12 heteroatoms. The van der Waals surface area contributed by atoms with Gasteiger partial charge in [0.2, 0.25) is 17.7 Å². The summed E-state index contributed by atoms with van der Waals surface area (Å²) in [4.78, 5) is 51.7. The van der Waals surface area contributed by atoms with Crippen LogP contribution in [-0.2, 0) is 19.2 Å². The average Bonchev–Trinajstić information content (AvgIpc) is 2.64. The number of carboxylic acids is 1. The molecule has 30 heavy (non-hydrogen) atoms. The number of hydrogen-bond acceptors (Lipinski definition) is 6. The third-order valence-electron chi connectivity index (χ3n) is 4.22. The van der Waals surface area contributed by atoms with E-state index in [1.807, 2.05) is 0 Å². The molecule has 0 heterocycles. The second kappa shape index (κ2) is 13.4. The van der Waals surface area contributed by atoms with Crippen LogP contribution in [0.15, 0.2) is 4.99 Å². The minimum atomic E-state index is -1.16. The van der Waals surface area contributed by atoms with E-state index in [2.05, 4.69) is 20.9 Å². The van der Waals surface area contributed by atoms with Gasteiger partial charge < -0.3 is 38.3 Å². The lowest BCUT2D eigenvalue weighted by molar-refractivity contribution is -0.143. The van der Waals surface area contributed by atoms with Crippen LogP contribution < -0.4 is 33.2 Å². The molecule has 3 unspecified atom stereocenters. The van der Waals surface area contributed by atoms with Gasteiger partial charge in [0, 0.05) is 6.54 Å². The van der Waals surface area contributed by atoms with Crippen molar-refractivity contribution in [2.75, 3.05) is 13.1 Å². The van der Waals surface area contributed by atoms with Gasteiger partial charge in [0.15, 0.2) is 5.96 Å². The van der Waals surface area contributed by atoms with E-state index in [0.29, 0.717) is 19.4 Å². The lowest BCUT2D eigenvalue weighted by Gasteiger charge is -2.25. The molecular weight excluding hydrogens is 394 g/mol. The fraction of sp³-hybridized carbons (Fsp3) is 0.722. The van der Waals surface area contributed by atoms with Crippen LogP contribution in [0.3, 0.4) is 0 Å². The molecule has 0 aromatic heterocycles. The normalized spacial score (nSPS) is 13.8. The van der Waals surface area contributed by atoms with Gasteiger partial charge in [-0.25, -0.2) is 4.79 Å². The molecule has 0 aliphatic heterocycles. The van der Waals surface area contributed by atoms with Crippen molar-refractivity contribution in [2.24, 2.45) is 34.0 Å². The van der Waals surface area contributed by atoms with E-state index >= 15 is 0 Å². The Kier molecular flexibility index (Phi) is 12.1. The number of rotatable bonds is 13. The quantitative estimate of drug-likeness (QED) is 0.0970. The zero-order chi connectivity index (χ0) is 23.4. The van der Waals surface area contributed by atoms with Crippen molar-refractivity contribution in [2.45, 2.75) is 58.7 Å². The standard InChI is InChI=1S/C18H35N7O5/c1-9(2)13(16(28)25-14(10(3)4)17(29)30)24-12(26)8-23-15(27)11(19)6-5-7-22-18(20)21/h9-11,13-14H,5-8,19H2,1-4H3,(H,23,27)(H,24,26)(H,25,28)(H,29,30)(H4,20,21,22). The van der Waals surface area contributed by atoms with Crippen molar-refractivity contribution in [3.8, 4) is 0 Å². The number of nitrogens with zero attached hydrogens (tertiary/aromatic N) is 1. The number of aliphatic imine (C=N–C) groups is 1. The molecule has 0 aromatic carbocycles. The predicted octanol–water partition coefficient (Wildman–Crippen LogP) is -2.15. The third-order valence-corrected chi connectivity index (χ3v) is 4.22. The van der Waals surface area contributed by atoms with Crippen LogP contribution in [0.1, 0.15) is 40.5 Å². The summed E-state index contributed by atoms with van der Waals surface area (Å²) in [6, 6.07) is -2.87. The summed E-state index contributed by atoms with van der Waals surface area (Å²) >= 11 is 0. The van der Waals surface area contributed by atoms with Crippen LogP contribution in [0, 0.1) is 11.8 Å². The average molecular weight is 430 g/mol. The Bertz CT molecular complexity index is 632. The maximum Gasteiger partial charge on any atom is 0.326 e. The first kappa shape index (κ1) is 27.1. The van der Waals surface area contributed by atoms with Gasteiger partial charge in [-0.15, -0.1) is 0 Å². The predicted molar refractivity (Wildman–Crippen MR) is 112 cm³/mol. The minimum absolute atomic E-state index is 0.0449. The fourth-order valence-electron chi connectivity index (χ4n) is 2.46. The molecule has 0 aliphatic carbocycles. The van der Waals surface area contributed by atoms with Crippen molar-refractivity contribution in [3.05, 3.63) is 0 Å². The van der Waals surface area contributed by atoms with Crippen molar-refractivity contribution in [3.63, 3.8) is 0 Å². The van der Waals surface area contributed by atoms with Crippen LogP contribution in [0.2, 0.25) is 0 Å². The summed E-state index contributed by atoms with van der Waals surface area (Å²) in [7, 11) is 0. The molecule has 3 atom stereocenters. The van der Waals surface area contributed by atoms with Gasteiger partial charge >= 0.3 is 5.97 Å². The third kappa shape index (κ3) is 10.6. The molecule has 0 fully saturated rings. The number of aliphatic carboxylic acids is 1. The maximum atomic E-state index is 12.5. The zero-order valence-corrected chi connectivity index (χ0v) is 18.0. The smallest absolute Gasteiger partial charge is 0.326 e. The summed E-state index contributed by atoms with van der Waals surface area (Å²) in [5.74, 6) is -3.56. The minimum Gasteiger partial charge on any atom is -0.480 e. The van der Waals surface area contributed by atoms with Crippen molar-refractivity contribution < 1.29 is 24.3 Å². The number of carboxylic acid groups (broad SMARTS) is 1. The van der Waals surface area contributed by atoms with Crippen molar-refractivity contribution in [1.82, 2.24) is 16.0 Å². The Labute approximate surface area is 176 Å². The van der Waals surface area contributed by atoms with Crippen LogP contribution >= 0.6 is 0 Å². The lowest BCUT2D eigenvalue weighted by atomic mass is 10.0. The van der Waals surface area contributed by atoms with E-state index in [1.54, 1.807) is 27.7 Å². The Morgan fingerprint density at radius 1 is 0.933 bits per heavy atom. The van der Waals surface area contributed by atoms with Crippen LogP contribution in [-0.4, -0.2) is 66.0 Å². The Morgan fingerprint density at radius 2 is 1.50 bits per heavy atom. The van der Waals surface area contributed by atoms with Crippen LogP contribution in [0.4, 0.5) is 0 Å². The molecule has 0 aromatic rings. The number of nitrogens with one attached hydrogen (secondary N) is 3. The van der Waals surface area contributed by atoms with Gasteiger partial charge in [0.1, 0.15) is 12.1 Å². The molecule has 172 valence electrons. The van der Waals surface area contributed by atoms with Gasteiger partial charge in [-0.1, -0.05) is 27.7 Å². The number of hydrogen-bond donors (Lipinski definition) is 7. The highest BCUT2D eigenvalue weighted by atomic mass is 16.4. The van der Waals surface area contributed by atoms with Gasteiger partial charge in [-0.2, -0.15) is 0 Å². The van der Waals surface area contributed by atoms with E-state index in [9.17, 15) is 24.3 Å². The van der Waals surface area contributed by atoms with E-state index in [1.165, 1.54) is 0 Å². The molecular formula is C18H35N7O5. The molecule has 0 saturated heterocycles. The molecule has 0 spiro atoms. The van der Waals surface area contributed by atoms with Gasteiger partial charge in [-0.05, 0) is 24.7 Å². The molecule has 0 rings (SSSR count). The Morgan fingerprint density at radius 3 is 1.97 bits per heavy atom. The summed E-state index contributed by atoms with van der Waals surface area (Å²) in [5.41, 5.74) is 16.2. The highest BCUT2D eigenvalue weighted by Gasteiger charge is 2.30.